The lowest BCUT2D eigenvalue weighted by Crippen LogP contribution is -2.36. The van der Waals surface area contributed by atoms with E-state index in [1.165, 1.54) is 33.0 Å². The number of carbonyl (C=O) groups excluding carboxylic acids is 3. The van der Waals surface area contributed by atoms with Gasteiger partial charge in [-0.25, -0.2) is 0 Å². The van der Waals surface area contributed by atoms with Gasteiger partial charge >= 0.3 is 0 Å². The molecule has 0 aliphatic rings. The highest BCUT2D eigenvalue weighted by atomic mass is 16.5. The fourth-order valence-electron chi connectivity index (χ4n) is 2.52. The Bertz CT molecular complexity index is 863. The number of nitrogens with one attached hydrogen (secondary N) is 1. The zero-order valence-corrected chi connectivity index (χ0v) is 15.7. The first kappa shape index (κ1) is 20.0. The predicted molar refractivity (Wildman–Crippen MR) is 103 cm³/mol. The minimum absolute atomic E-state index is 0.120. The Morgan fingerprint density at radius 2 is 1.74 bits per heavy atom. The molecule has 0 aromatic heterocycles. The van der Waals surface area contributed by atoms with E-state index in [-0.39, 0.29) is 18.2 Å². The van der Waals surface area contributed by atoms with Gasteiger partial charge in [-0.3, -0.25) is 14.4 Å². The molecule has 0 fully saturated rings. The molecule has 27 heavy (non-hydrogen) atoms. The summed E-state index contributed by atoms with van der Waals surface area (Å²) in [5, 5.41) is 2.72. The molecule has 2 amide bonds. The highest BCUT2D eigenvalue weighted by molar-refractivity contribution is 6.03. The minimum atomic E-state index is -0.412. The van der Waals surface area contributed by atoms with Crippen molar-refractivity contribution in [2.24, 2.45) is 0 Å². The van der Waals surface area contributed by atoms with E-state index < -0.39 is 5.91 Å². The number of nitrogens with zero attached hydrogens (tertiary/aromatic N) is 1. The van der Waals surface area contributed by atoms with Gasteiger partial charge < -0.3 is 19.7 Å². The number of carbonyl (C=O) groups is 3. The third kappa shape index (κ3) is 5.07. The number of ether oxygens (including phenoxy) is 2. The fourth-order valence-corrected chi connectivity index (χ4v) is 2.52. The van der Waals surface area contributed by atoms with Crippen LogP contribution < -0.4 is 19.7 Å². The van der Waals surface area contributed by atoms with Gasteiger partial charge in [-0.2, -0.15) is 0 Å². The number of methoxy groups -OCH3 is 2. The largest absolute Gasteiger partial charge is 0.497 e. The maximum absolute atomic E-state index is 12.5. The second-order valence-corrected chi connectivity index (χ2v) is 5.83. The summed E-state index contributed by atoms with van der Waals surface area (Å²) < 4.78 is 10.4. The van der Waals surface area contributed by atoms with Crippen LogP contribution in [0.3, 0.4) is 0 Å². The number of amides is 2. The third-order valence-electron chi connectivity index (χ3n) is 3.93. The summed E-state index contributed by atoms with van der Waals surface area (Å²) >= 11 is 0. The van der Waals surface area contributed by atoms with Gasteiger partial charge in [-0.1, -0.05) is 12.1 Å². The highest BCUT2D eigenvalue weighted by Crippen LogP contribution is 2.29. The van der Waals surface area contributed by atoms with Crippen molar-refractivity contribution < 1.29 is 23.9 Å². The van der Waals surface area contributed by atoms with E-state index in [2.05, 4.69) is 5.32 Å². The lowest BCUT2D eigenvalue weighted by molar-refractivity contribution is -0.120. The Kier molecular flexibility index (Phi) is 6.54. The normalized spacial score (nSPS) is 10.1. The van der Waals surface area contributed by atoms with Crippen molar-refractivity contribution in [1.82, 2.24) is 0 Å². The van der Waals surface area contributed by atoms with E-state index in [4.69, 9.17) is 9.47 Å². The average molecular weight is 370 g/mol. The number of benzene rings is 2. The molecular weight excluding hydrogens is 348 g/mol. The van der Waals surface area contributed by atoms with Crippen molar-refractivity contribution in [3.63, 3.8) is 0 Å². The van der Waals surface area contributed by atoms with E-state index in [1.54, 1.807) is 42.5 Å². The van der Waals surface area contributed by atoms with Gasteiger partial charge in [0.05, 0.1) is 19.9 Å². The molecule has 1 N–H and O–H groups in total. The molecule has 0 heterocycles. The number of hydrogen-bond donors (Lipinski definition) is 1. The molecule has 0 spiro atoms. The molecule has 2 rings (SSSR count). The average Bonchev–Trinajstić information content (AvgIpc) is 2.65. The molecule has 0 radical (unpaired) electrons. The van der Waals surface area contributed by atoms with Gasteiger partial charge in [-0.05, 0) is 31.2 Å². The Hall–Kier alpha value is -3.35. The van der Waals surface area contributed by atoms with Gasteiger partial charge in [0.25, 0.3) is 0 Å². The molecule has 142 valence electrons. The summed E-state index contributed by atoms with van der Waals surface area (Å²) in [5.74, 6) is 0.181. The second kappa shape index (κ2) is 8.84. The maximum Gasteiger partial charge on any atom is 0.244 e. The molecule has 0 aliphatic heterocycles. The second-order valence-electron chi connectivity index (χ2n) is 5.83. The monoisotopic (exact) mass is 370 g/mol. The zero-order chi connectivity index (χ0) is 20.0. The molecule has 2 aromatic rings. The summed E-state index contributed by atoms with van der Waals surface area (Å²) in [7, 11) is 3.01. The van der Waals surface area contributed by atoms with Gasteiger partial charge in [-0.15, -0.1) is 0 Å². The first-order valence-electron chi connectivity index (χ1n) is 8.26. The number of Topliss-reactive ketones (excluding diaryl/α,β-unsaturated/α-hetero) is 1. The number of ketones is 1. The lowest BCUT2D eigenvalue weighted by Gasteiger charge is -2.21. The molecular formula is C20H22N2O5. The Labute approximate surface area is 157 Å². The van der Waals surface area contributed by atoms with Crippen LogP contribution in [-0.2, 0) is 9.59 Å². The summed E-state index contributed by atoms with van der Waals surface area (Å²) in [5.41, 5.74) is 1.37. The van der Waals surface area contributed by atoms with Gasteiger partial charge in [0.1, 0.15) is 18.0 Å². The van der Waals surface area contributed by atoms with Gasteiger partial charge in [0.2, 0.25) is 11.8 Å². The van der Waals surface area contributed by atoms with Crippen LogP contribution in [-0.4, -0.2) is 38.4 Å². The van der Waals surface area contributed by atoms with Crippen molar-refractivity contribution >= 4 is 29.0 Å². The van der Waals surface area contributed by atoms with Crippen LogP contribution >= 0.6 is 0 Å². The van der Waals surface area contributed by atoms with Crippen molar-refractivity contribution in [1.29, 1.82) is 0 Å². The molecule has 0 aliphatic carbocycles. The number of anilines is 2. The highest BCUT2D eigenvalue weighted by Gasteiger charge is 2.18. The molecule has 7 heteroatoms. The van der Waals surface area contributed by atoms with Gasteiger partial charge in [0, 0.05) is 24.2 Å². The lowest BCUT2D eigenvalue weighted by atomic mass is 10.1. The minimum Gasteiger partial charge on any atom is -0.497 e. The van der Waals surface area contributed by atoms with Crippen molar-refractivity contribution in [3.8, 4) is 11.5 Å². The molecule has 0 unspecified atom stereocenters. The van der Waals surface area contributed by atoms with E-state index in [1.807, 2.05) is 0 Å². The summed E-state index contributed by atoms with van der Waals surface area (Å²) in [4.78, 5) is 37.4. The molecule has 7 nitrogen and oxygen atoms in total. The first-order valence-corrected chi connectivity index (χ1v) is 8.26. The predicted octanol–water partition coefficient (Wildman–Crippen LogP) is 2.90. The smallest absolute Gasteiger partial charge is 0.244 e. The molecule has 0 saturated heterocycles. The van der Waals surface area contributed by atoms with Crippen LogP contribution in [0.1, 0.15) is 24.2 Å². The molecule has 0 bridgehead atoms. The van der Waals surface area contributed by atoms with Crippen LogP contribution in [0.25, 0.3) is 0 Å². The van der Waals surface area contributed by atoms with E-state index >= 15 is 0 Å². The Balaban J connectivity index is 2.22. The number of hydrogen-bond acceptors (Lipinski definition) is 5. The summed E-state index contributed by atoms with van der Waals surface area (Å²) in [6.07, 6.45) is 0. The Morgan fingerprint density at radius 3 is 2.33 bits per heavy atom. The van der Waals surface area contributed by atoms with Gasteiger partial charge in [0.15, 0.2) is 5.78 Å². The summed E-state index contributed by atoms with van der Waals surface area (Å²) in [6.45, 7) is 2.59. The number of rotatable bonds is 7. The fraction of sp³-hybridized carbons (Fsp3) is 0.250. The zero-order valence-electron chi connectivity index (χ0n) is 15.7. The van der Waals surface area contributed by atoms with Crippen molar-refractivity contribution in [3.05, 3.63) is 48.0 Å². The standard InChI is InChI=1S/C20H22N2O5/c1-13(23)15-6-5-7-16(10-15)22(14(2)24)12-20(25)21-18-11-17(26-3)8-9-19(18)27-4/h5-11H,12H2,1-4H3,(H,21,25). The topological polar surface area (TPSA) is 84.9 Å². The molecule has 0 saturated carbocycles. The third-order valence-corrected chi connectivity index (χ3v) is 3.93. The quantitative estimate of drug-likeness (QED) is 0.758. The van der Waals surface area contributed by atoms with Crippen LogP contribution in [0.15, 0.2) is 42.5 Å². The van der Waals surface area contributed by atoms with Crippen molar-refractivity contribution in [2.75, 3.05) is 31.0 Å². The van der Waals surface area contributed by atoms with E-state index in [0.29, 0.717) is 28.4 Å². The van der Waals surface area contributed by atoms with Crippen LogP contribution in [0.5, 0.6) is 11.5 Å². The molecule has 2 aromatic carbocycles. The SMILES string of the molecule is COc1ccc(OC)c(NC(=O)CN(C(C)=O)c2cccc(C(C)=O)c2)c1. The summed E-state index contributed by atoms with van der Waals surface area (Å²) in [6, 6.07) is 11.6. The van der Waals surface area contributed by atoms with E-state index in [0.717, 1.165) is 0 Å². The maximum atomic E-state index is 12.5. The Morgan fingerprint density at radius 1 is 1.00 bits per heavy atom. The first-order chi connectivity index (χ1) is 12.8. The van der Waals surface area contributed by atoms with Crippen LogP contribution in [0, 0.1) is 0 Å². The van der Waals surface area contributed by atoms with Crippen LogP contribution in [0.2, 0.25) is 0 Å². The van der Waals surface area contributed by atoms with Crippen LogP contribution in [0.4, 0.5) is 11.4 Å². The molecule has 0 atom stereocenters. The van der Waals surface area contributed by atoms with E-state index in [9.17, 15) is 14.4 Å². The van der Waals surface area contributed by atoms with Crippen molar-refractivity contribution in [2.45, 2.75) is 13.8 Å².